The summed E-state index contributed by atoms with van der Waals surface area (Å²) in [6.45, 7) is 0. The van der Waals surface area contributed by atoms with Crippen molar-refractivity contribution in [2.24, 2.45) is 10.2 Å². The van der Waals surface area contributed by atoms with Crippen LogP contribution in [-0.4, -0.2) is 11.8 Å². The van der Waals surface area contributed by atoms with Crippen LogP contribution in [-0.2, 0) is 26.7 Å². The van der Waals surface area contributed by atoms with Crippen LogP contribution in [0, 0.1) is 63.2 Å². The fourth-order valence-corrected chi connectivity index (χ4v) is 1.23. The van der Waals surface area contributed by atoms with Gasteiger partial charge in [-0.3, -0.25) is 9.59 Å². The first-order valence-corrected chi connectivity index (χ1v) is 5.31. The third kappa shape index (κ3) is 7.16. The minimum atomic E-state index is -0.535. The van der Waals surface area contributed by atoms with Gasteiger partial charge in [0.1, 0.15) is 0 Å². The Morgan fingerprint density at radius 2 is 1.05 bits per heavy atom. The van der Waals surface area contributed by atoms with Crippen LogP contribution in [0.1, 0.15) is 0 Å². The summed E-state index contributed by atoms with van der Waals surface area (Å²) < 4.78 is 0. The van der Waals surface area contributed by atoms with Gasteiger partial charge in [0, 0.05) is 9.82 Å². The molecule has 0 unspecified atom stereocenters. The Kier molecular flexibility index (Phi) is 10.4. The molecular formula is C12H8FeN6O2+2. The van der Waals surface area contributed by atoms with Gasteiger partial charge < -0.3 is 0 Å². The zero-order chi connectivity index (χ0) is 14.8. The van der Waals surface area contributed by atoms with Crippen LogP contribution in [0.2, 0.25) is 0 Å². The number of rotatable bonds is 2. The third-order valence-corrected chi connectivity index (χ3v) is 2.09. The van der Waals surface area contributed by atoms with E-state index in [-0.39, 0.29) is 17.1 Å². The molecule has 0 atom stereocenters. The van der Waals surface area contributed by atoms with Gasteiger partial charge in [-0.25, -0.2) is 0 Å². The molecule has 8 nitrogen and oxygen atoms in total. The molecule has 2 amide bonds. The quantitative estimate of drug-likeness (QED) is 0.334. The van der Waals surface area contributed by atoms with E-state index in [1.165, 1.54) is 0 Å². The van der Waals surface area contributed by atoms with Crippen molar-refractivity contribution in [2.75, 3.05) is 0 Å². The third-order valence-electron chi connectivity index (χ3n) is 2.09. The number of carbonyl (C=O) groups is 2. The summed E-state index contributed by atoms with van der Waals surface area (Å²) >= 11 is 0. The molecule has 0 bridgehead atoms. The molecule has 0 spiro atoms. The Balaban J connectivity index is 0.000000364. The molecule has 0 heterocycles. The molecule has 2 saturated carbocycles. The van der Waals surface area contributed by atoms with Gasteiger partial charge in [-0.05, 0) is 72.7 Å². The predicted molar refractivity (Wildman–Crippen MR) is 69.2 cm³/mol. The van der Waals surface area contributed by atoms with Crippen LogP contribution < -0.4 is 0 Å². The second-order valence-electron chi connectivity index (χ2n) is 3.34. The molecular weight excluding hydrogens is 316 g/mol. The minimum Gasteiger partial charge on any atom is -0.292 e. The molecule has 2 rings (SSSR count). The Morgan fingerprint density at radius 3 is 1.29 bits per heavy atom. The van der Waals surface area contributed by atoms with E-state index in [0.29, 0.717) is 11.8 Å². The van der Waals surface area contributed by atoms with Crippen molar-refractivity contribution in [1.82, 2.24) is 0 Å². The normalized spacial score (nSPS) is 17.5. The molecule has 0 aliphatic heterocycles. The molecule has 21 heavy (non-hydrogen) atoms. The van der Waals surface area contributed by atoms with Crippen molar-refractivity contribution < 1.29 is 26.7 Å². The largest absolute Gasteiger partial charge is 2.00 e. The number of hydrogen-bond donors (Lipinski definition) is 0. The van der Waals surface area contributed by atoms with Gasteiger partial charge in [0.05, 0.1) is 11.8 Å². The van der Waals surface area contributed by atoms with Gasteiger partial charge in [-0.1, -0.05) is 0 Å². The summed E-state index contributed by atoms with van der Waals surface area (Å²) in [5, 5.41) is 5.82. The number of azide groups is 2. The van der Waals surface area contributed by atoms with Gasteiger partial charge in [-0.2, -0.15) is 0 Å². The Labute approximate surface area is 133 Å². The first-order valence-electron chi connectivity index (χ1n) is 5.31. The van der Waals surface area contributed by atoms with E-state index in [2.05, 4.69) is 20.1 Å². The van der Waals surface area contributed by atoms with Gasteiger partial charge in [0.2, 0.25) is 11.8 Å². The van der Waals surface area contributed by atoms with Crippen molar-refractivity contribution in [3.05, 3.63) is 84.1 Å². The summed E-state index contributed by atoms with van der Waals surface area (Å²) in [6.07, 6.45) is 13.2. The van der Waals surface area contributed by atoms with Gasteiger partial charge in [0.25, 0.3) is 0 Å². The summed E-state index contributed by atoms with van der Waals surface area (Å²) in [6, 6.07) is 0. The van der Waals surface area contributed by atoms with E-state index in [9.17, 15) is 9.59 Å². The molecule has 2 aliphatic rings. The summed E-state index contributed by atoms with van der Waals surface area (Å²) in [4.78, 5) is 26.1. The first-order chi connectivity index (χ1) is 9.69. The average Bonchev–Trinajstić information content (AvgIpc) is 3.14. The minimum absolute atomic E-state index is 0. The molecule has 10 radical (unpaired) electrons. The molecule has 0 aromatic carbocycles. The number of nitrogens with zero attached hydrogens (tertiary/aromatic N) is 6. The molecule has 2 fully saturated rings. The zero-order valence-corrected chi connectivity index (χ0v) is 11.6. The smallest absolute Gasteiger partial charge is 0.292 e. The maximum Gasteiger partial charge on any atom is 2.00 e. The van der Waals surface area contributed by atoms with Gasteiger partial charge in [0.15, 0.2) is 0 Å². The van der Waals surface area contributed by atoms with E-state index in [1.807, 2.05) is 0 Å². The first kappa shape index (κ1) is 19.5. The molecule has 0 saturated heterocycles. The van der Waals surface area contributed by atoms with Crippen molar-refractivity contribution in [1.29, 1.82) is 0 Å². The molecule has 0 aromatic heterocycles. The van der Waals surface area contributed by atoms with Crippen molar-refractivity contribution >= 4 is 11.8 Å². The van der Waals surface area contributed by atoms with Crippen LogP contribution in [0.15, 0.2) is 10.2 Å². The Bertz CT molecular complexity index is 403. The number of hydrogen-bond acceptors (Lipinski definition) is 2. The molecule has 0 N–H and O–H groups in total. The van der Waals surface area contributed by atoms with Crippen LogP contribution in [0.25, 0.3) is 20.9 Å². The van der Waals surface area contributed by atoms with Gasteiger partial charge in [-0.15, -0.1) is 0 Å². The second kappa shape index (κ2) is 11.2. The Hall–Kier alpha value is -1.52. The summed E-state index contributed by atoms with van der Waals surface area (Å²) in [5.41, 5.74) is 15.7. The fraction of sp³-hybridized carbons (Fsp3) is 0. The average molecular weight is 324 g/mol. The van der Waals surface area contributed by atoms with Crippen LogP contribution in [0.3, 0.4) is 0 Å². The molecule has 9 heteroatoms. The molecule has 104 valence electrons. The van der Waals surface area contributed by atoms with Crippen molar-refractivity contribution in [2.45, 2.75) is 0 Å². The zero-order valence-electron chi connectivity index (χ0n) is 10.5. The number of carbonyl (C=O) groups excluding carboxylic acids is 2. The monoisotopic (exact) mass is 324 g/mol. The van der Waals surface area contributed by atoms with Crippen LogP contribution in [0.4, 0.5) is 0 Å². The van der Waals surface area contributed by atoms with E-state index < -0.39 is 11.8 Å². The van der Waals surface area contributed by atoms with E-state index in [0.717, 1.165) is 0 Å². The van der Waals surface area contributed by atoms with Crippen LogP contribution in [0.5, 0.6) is 0 Å². The summed E-state index contributed by atoms with van der Waals surface area (Å²) in [7, 11) is 0. The van der Waals surface area contributed by atoms with E-state index >= 15 is 0 Å². The standard InChI is InChI=1S/2C6H4N3O.Fe/c2*7-9-8-6(10)5-3-1-2-4-5;/h2*1-4H;/q;;+2. The fourth-order valence-electron chi connectivity index (χ4n) is 1.23. The van der Waals surface area contributed by atoms with E-state index in [4.69, 9.17) is 11.1 Å². The second-order valence-corrected chi connectivity index (χ2v) is 3.34. The SMILES string of the molecule is [Fe+2].[N-]=[N+]=NC(=O)[C]1[CH][CH][CH][CH]1.[N-]=[N+]=NC(=O)[C]1[CH][CH][CH][CH]1. The van der Waals surface area contributed by atoms with Crippen LogP contribution >= 0.6 is 0 Å². The summed E-state index contributed by atoms with van der Waals surface area (Å²) in [5.74, 6) is -0.212. The number of amides is 2. The van der Waals surface area contributed by atoms with Gasteiger partial charge >= 0.3 is 17.1 Å². The Morgan fingerprint density at radius 1 is 0.762 bits per heavy atom. The maximum absolute atomic E-state index is 10.7. The van der Waals surface area contributed by atoms with Crippen molar-refractivity contribution in [3.8, 4) is 0 Å². The predicted octanol–water partition coefficient (Wildman–Crippen LogP) is 2.45. The van der Waals surface area contributed by atoms with Crippen molar-refractivity contribution in [3.63, 3.8) is 0 Å². The van der Waals surface area contributed by atoms with E-state index in [1.54, 1.807) is 51.4 Å². The maximum atomic E-state index is 10.7. The molecule has 0 aromatic rings. The topological polar surface area (TPSA) is 132 Å². The molecule has 2 aliphatic carbocycles.